The van der Waals surface area contributed by atoms with Gasteiger partial charge in [0.15, 0.2) is 0 Å². The van der Waals surface area contributed by atoms with Gasteiger partial charge in [0.1, 0.15) is 6.04 Å². The zero-order valence-electron chi connectivity index (χ0n) is 15.6. The highest BCUT2D eigenvalue weighted by Gasteiger charge is 2.32. The van der Waals surface area contributed by atoms with Gasteiger partial charge >= 0.3 is 5.97 Å². The predicted molar refractivity (Wildman–Crippen MR) is 92.0 cm³/mol. The van der Waals surface area contributed by atoms with Crippen LogP contribution in [-0.2, 0) is 14.4 Å². The van der Waals surface area contributed by atoms with Gasteiger partial charge in [-0.2, -0.15) is 0 Å². The number of likely N-dealkylation sites (N-methyl/N-ethyl adjacent to an activating group) is 1. The molecule has 1 atom stereocenters. The van der Waals surface area contributed by atoms with Crippen LogP contribution < -0.4 is 5.32 Å². The molecule has 1 unspecified atom stereocenters. The van der Waals surface area contributed by atoms with Crippen LogP contribution in [0.15, 0.2) is 11.6 Å². The van der Waals surface area contributed by atoms with Gasteiger partial charge in [0.05, 0.1) is 0 Å². The van der Waals surface area contributed by atoms with Crippen LogP contribution in [-0.4, -0.2) is 47.9 Å². The van der Waals surface area contributed by atoms with E-state index in [0.29, 0.717) is 6.41 Å². The number of carboxylic acids is 1. The van der Waals surface area contributed by atoms with Crippen molar-refractivity contribution < 1.29 is 19.5 Å². The van der Waals surface area contributed by atoms with Crippen LogP contribution in [0.25, 0.3) is 0 Å². The summed E-state index contributed by atoms with van der Waals surface area (Å²) in [7, 11) is 1.57. The second kappa shape index (κ2) is 10.8. The molecule has 6 nitrogen and oxygen atoms in total. The van der Waals surface area contributed by atoms with Crippen molar-refractivity contribution in [3.8, 4) is 0 Å². The third-order valence-corrected chi connectivity index (χ3v) is 2.73. The van der Waals surface area contributed by atoms with Crippen molar-refractivity contribution >= 4 is 18.3 Å². The monoisotopic (exact) mass is 328 g/mol. The summed E-state index contributed by atoms with van der Waals surface area (Å²) < 4.78 is 0. The molecular weight excluding hydrogens is 296 g/mol. The number of aliphatic carboxylic acids is 1. The molecule has 0 bridgehead atoms. The fraction of sp³-hybridized carbons (Fsp3) is 0.706. The van der Waals surface area contributed by atoms with Crippen LogP contribution in [0.2, 0.25) is 0 Å². The Labute approximate surface area is 139 Å². The number of hydrogen-bond acceptors (Lipinski definition) is 3. The minimum absolute atomic E-state index is 0.176. The Balaban J connectivity index is 0. The third kappa shape index (κ3) is 11.4. The molecule has 0 saturated carbocycles. The first-order valence-corrected chi connectivity index (χ1v) is 7.69. The minimum atomic E-state index is -1.01. The maximum Gasteiger partial charge on any atom is 0.331 e. The van der Waals surface area contributed by atoms with E-state index in [1.165, 1.54) is 17.9 Å². The van der Waals surface area contributed by atoms with Crippen LogP contribution in [0.5, 0.6) is 0 Å². The lowest BCUT2D eigenvalue weighted by Crippen LogP contribution is -2.51. The third-order valence-electron chi connectivity index (χ3n) is 2.73. The Morgan fingerprint density at radius 2 is 1.65 bits per heavy atom. The Hall–Kier alpha value is -1.85. The maximum absolute atomic E-state index is 12.2. The largest absolute Gasteiger partial charge is 0.478 e. The fourth-order valence-corrected chi connectivity index (χ4v) is 1.43. The molecule has 0 fully saturated rings. The summed E-state index contributed by atoms with van der Waals surface area (Å²) in [5.41, 5.74) is -0.243. The molecule has 0 spiro atoms. The average Bonchev–Trinajstić information content (AvgIpc) is 2.38. The van der Waals surface area contributed by atoms with E-state index >= 15 is 0 Å². The normalized spacial score (nSPS) is 12.8. The van der Waals surface area contributed by atoms with Gasteiger partial charge in [0.25, 0.3) is 0 Å². The predicted octanol–water partition coefficient (Wildman–Crippen LogP) is 2.30. The highest BCUT2D eigenvalue weighted by molar-refractivity contribution is 5.86. The van der Waals surface area contributed by atoms with Crippen LogP contribution >= 0.6 is 0 Å². The summed E-state index contributed by atoms with van der Waals surface area (Å²) in [6.45, 7) is 13.7. The average molecular weight is 328 g/mol. The second-order valence-electron chi connectivity index (χ2n) is 7.23. The van der Waals surface area contributed by atoms with Gasteiger partial charge in [-0.15, -0.1) is 0 Å². The van der Waals surface area contributed by atoms with Gasteiger partial charge in [-0.3, -0.25) is 9.59 Å². The molecule has 0 aliphatic heterocycles. The summed E-state index contributed by atoms with van der Waals surface area (Å²) in [6.07, 6.45) is 1.96. The molecule has 134 valence electrons. The lowest BCUT2D eigenvalue weighted by atomic mass is 9.86. The summed E-state index contributed by atoms with van der Waals surface area (Å²) in [5, 5.41) is 11.2. The maximum atomic E-state index is 12.2. The first-order valence-electron chi connectivity index (χ1n) is 7.69. The molecule has 2 amide bonds. The molecule has 0 radical (unpaired) electrons. The van der Waals surface area contributed by atoms with E-state index in [4.69, 9.17) is 5.11 Å². The highest BCUT2D eigenvalue weighted by Crippen LogP contribution is 2.20. The van der Waals surface area contributed by atoms with Crippen LogP contribution in [0, 0.1) is 11.3 Å². The van der Waals surface area contributed by atoms with Crippen molar-refractivity contribution in [1.29, 1.82) is 0 Å². The number of carbonyl (C=O) groups is 3. The minimum Gasteiger partial charge on any atom is -0.478 e. The molecule has 0 aromatic carbocycles. The lowest BCUT2D eigenvalue weighted by Gasteiger charge is -2.32. The molecule has 0 rings (SSSR count). The number of nitrogens with one attached hydrogen (secondary N) is 1. The molecule has 23 heavy (non-hydrogen) atoms. The standard InChI is InChI=1S/C13H22N2O4.C4H10/c1-9(12(18)19)6-7-15(5)11(17)10(14-8-16)13(2,3)4;1-4(2)3/h6,8,10H,7H2,1-5H3,(H,14,16)(H,18,19);4H,1-3H3/b9-6+;. The molecule has 6 heteroatoms. The Bertz CT molecular complexity index is 420. The number of carboxylic acid groups (broad SMARTS) is 1. The van der Waals surface area contributed by atoms with Gasteiger partial charge < -0.3 is 15.3 Å². The van der Waals surface area contributed by atoms with E-state index < -0.39 is 17.4 Å². The lowest BCUT2D eigenvalue weighted by molar-refractivity contribution is -0.136. The fourth-order valence-electron chi connectivity index (χ4n) is 1.43. The Morgan fingerprint density at radius 1 is 1.22 bits per heavy atom. The smallest absolute Gasteiger partial charge is 0.331 e. The van der Waals surface area contributed by atoms with E-state index in [1.54, 1.807) is 7.05 Å². The van der Waals surface area contributed by atoms with E-state index in [9.17, 15) is 14.4 Å². The number of amides is 2. The molecule has 0 aromatic rings. The van der Waals surface area contributed by atoms with Gasteiger partial charge in [-0.25, -0.2) is 4.79 Å². The summed E-state index contributed by atoms with van der Waals surface area (Å²) in [6, 6.07) is -0.645. The van der Waals surface area contributed by atoms with Gasteiger partial charge in [-0.05, 0) is 18.3 Å². The molecule has 2 N–H and O–H groups in total. The summed E-state index contributed by atoms with van der Waals surface area (Å²) in [5.74, 6) is -0.437. The van der Waals surface area contributed by atoms with Crippen LogP contribution in [0.1, 0.15) is 48.5 Å². The van der Waals surface area contributed by atoms with Crippen molar-refractivity contribution in [3.63, 3.8) is 0 Å². The quantitative estimate of drug-likeness (QED) is 0.578. The van der Waals surface area contributed by atoms with Gasteiger partial charge in [0, 0.05) is 19.2 Å². The van der Waals surface area contributed by atoms with Crippen LogP contribution in [0.3, 0.4) is 0 Å². The van der Waals surface area contributed by atoms with Crippen molar-refractivity contribution in [3.05, 3.63) is 11.6 Å². The summed E-state index contributed by atoms with van der Waals surface area (Å²) in [4.78, 5) is 34.8. The zero-order valence-corrected chi connectivity index (χ0v) is 15.6. The number of carbonyl (C=O) groups excluding carboxylic acids is 2. The van der Waals surface area contributed by atoms with Crippen molar-refractivity contribution in [2.24, 2.45) is 11.3 Å². The molecule has 0 aliphatic rings. The SMILES string of the molecule is C/C(=C\CN(C)C(=O)C(NC=O)C(C)(C)C)C(=O)O.CC(C)C. The first kappa shape index (κ1) is 23.4. The van der Waals surface area contributed by atoms with E-state index in [0.717, 1.165) is 5.92 Å². The number of rotatable bonds is 6. The van der Waals surface area contributed by atoms with Crippen molar-refractivity contribution in [2.45, 2.75) is 54.5 Å². The Kier molecular flexibility index (Phi) is 11.0. The molecular formula is C17H32N2O4. The van der Waals surface area contributed by atoms with Crippen molar-refractivity contribution in [1.82, 2.24) is 10.2 Å². The van der Waals surface area contributed by atoms with Gasteiger partial charge in [-0.1, -0.05) is 47.6 Å². The second-order valence-corrected chi connectivity index (χ2v) is 7.23. The molecule has 0 aromatic heterocycles. The molecule has 0 aliphatic carbocycles. The van der Waals surface area contributed by atoms with E-state index in [-0.39, 0.29) is 18.0 Å². The summed E-state index contributed by atoms with van der Waals surface area (Å²) >= 11 is 0. The number of nitrogens with zero attached hydrogens (tertiary/aromatic N) is 1. The van der Waals surface area contributed by atoms with E-state index in [2.05, 4.69) is 26.1 Å². The molecule has 0 heterocycles. The Morgan fingerprint density at radius 3 is 1.96 bits per heavy atom. The first-order chi connectivity index (χ1) is 10.3. The van der Waals surface area contributed by atoms with Gasteiger partial charge in [0.2, 0.25) is 12.3 Å². The van der Waals surface area contributed by atoms with Crippen molar-refractivity contribution in [2.75, 3.05) is 13.6 Å². The topological polar surface area (TPSA) is 86.7 Å². The van der Waals surface area contributed by atoms with E-state index in [1.807, 2.05) is 20.8 Å². The zero-order chi connectivity index (χ0) is 18.8. The number of hydrogen-bond donors (Lipinski definition) is 2. The molecule has 0 saturated heterocycles. The highest BCUT2D eigenvalue weighted by atomic mass is 16.4. The van der Waals surface area contributed by atoms with Crippen LogP contribution in [0.4, 0.5) is 0 Å².